The summed E-state index contributed by atoms with van der Waals surface area (Å²) in [5.41, 5.74) is 0. The van der Waals surface area contributed by atoms with Gasteiger partial charge in [0, 0.05) is 0 Å². The van der Waals surface area contributed by atoms with Gasteiger partial charge in [0.25, 0.3) is 5.91 Å². The SMILES string of the molecule is O=C(NCC1COc2ccccc2O1)c1ccc(Cl)o1. The first-order valence-corrected chi connectivity index (χ1v) is 6.52. The molecule has 104 valence electrons. The van der Waals surface area contributed by atoms with Crippen molar-refractivity contribution in [3.63, 3.8) is 0 Å². The predicted octanol–water partition coefficient (Wildman–Crippen LogP) is 2.50. The summed E-state index contributed by atoms with van der Waals surface area (Å²) in [5, 5.41) is 2.90. The van der Waals surface area contributed by atoms with E-state index in [1.165, 1.54) is 12.1 Å². The van der Waals surface area contributed by atoms with E-state index in [-0.39, 0.29) is 23.0 Å². The first kappa shape index (κ1) is 12.9. The molecule has 2 aromatic rings. The number of amides is 1. The van der Waals surface area contributed by atoms with Gasteiger partial charge in [-0.25, -0.2) is 0 Å². The molecule has 0 spiro atoms. The lowest BCUT2D eigenvalue weighted by molar-refractivity contribution is 0.0773. The van der Waals surface area contributed by atoms with E-state index >= 15 is 0 Å². The van der Waals surface area contributed by atoms with Gasteiger partial charge in [-0.2, -0.15) is 0 Å². The summed E-state index contributed by atoms with van der Waals surface area (Å²) >= 11 is 5.62. The van der Waals surface area contributed by atoms with Crippen molar-refractivity contribution in [1.82, 2.24) is 5.32 Å². The van der Waals surface area contributed by atoms with Gasteiger partial charge in [0.05, 0.1) is 6.54 Å². The Balaban J connectivity index is 1.56. The van der Waals surface area contributed by atoms with Crippen molar-refractivity contribution in [3.05, 3.63) is 47.4 Å². The lowest BCUT2D eigenvalue weighted by Gasteiger charge is -2.26. The Morgan fingerprint density at radius 2 is 2.05 bits per heavy atom. The zero-order valence-electron chi connectivity index (χ0n) is 10.5. The van der Waals surface area contributed by atoms with Gasteiger partial charge in [-0.05, 0) is 35.9 Å². The molecule has 0 saturated heterocycles. The van der Waals surface area contributed by atoms with E-state index in [9.17, 15) is 4.79 Å². The molecule has 6 heteroatoms. The number of halogens is 1. The molecule has 1 atom stereocenters. The Morgan fingerprint density at radius 1 is 1.25 bits per heavy atom. The molecule has 0 radical (unpaired) electrons. The van der Waals surface area contributed by atoms with Crippen molar-refractivity contribution in [2.75, 3.05) is 13.2 Å². The Labute approximate surface area is 120 Å². The number of para-hydroxylation sites is 2. The smallest absolute Gasteiger partial charge is 0.287 e. The van der Waals surface area contributed by atoms with E-state index in [4.69, 9.17) is 25.5 Å². The normalized spacial score (nSPS) is 16.8. The molecule has 1 unspecified atom stereocenters. The molecule has 1 aromatic heterocycles. The minimum absolute atomic E-state index is 0.173. The van der Waals surface area contributed by atoms with Crippen molar-refractivity contribution in [1.29, 1.82) is 0 Å². The van der Waals surface area contributed by atoms with E-state index in [2.05, 4.69) is 5.32 Å². The summed E-state index contributed by atoms with van der Waals surface area (Å²) in [6.45, 7) is 0.710. The monoisotopic (exact) mass is 293 g/mol. The van der Waals surface area contributed by atoms with Gasteiger partial charge in [-0.15, -0.1) is 0 Å². The Bertz CT molecular complexity index is 625. The van der Waals surface area contributed by atoms with Crippen molar-refractivity contribution in [2.45, 2.75) is 6.10 Å². The van der Waals surface area contributed by atoms with Crippen LogP contribution < -0.4 is 14.8 Å². The topological polar surface area (TPSA) is 60.7 Å². The quantitative estimate of drug-likeness (QED) is 0.944. The fourth-order valence-corrected chi connectivity index (χ4v) is 2.04. The molecule has 1 aliphatic heterocycles. The molecule has 2 heterocycles. The summed E-state index contributed by atoms with van der Waals surface area (Å²) in [7, 11) is 0. The fourth-order valence-electron chi connectivity index (χ4n) is 1.89. The first-order valence-electron chi connectivity index (χ1n) is 6.14. The van der Waals surface area contributed by atoms with Gasteiger partial charge in [-0.3, -0.25) is 4.79 Å². The fraction of sp³-hybridized carbons (Fsp3) is 0.214. The van der Waals surface area contributed by atoms with Crippen molar-refractivity contribution < 1.29 is 18.7 Å². The molecule has 5 nitrogen and oxygen atoms in total. The highest BCUT2D eigenvalue weighted by Crippen LogP contribution is 2.30. The van der Waals surface area contributed by atoms with E-state index in [1.54, 1.807) is 0 Å². The van der Waals surface area contributed by atoms with Gasteiger partial charge in [0.1, 0.15) is 12.7 Å². The number of fused-ring (bicyclic) bond motifs is 1. The molecular formula is C14H12ClNO4. The molecule has 0 aliphatic carbocycles. The average Bonchev–Trinajstić information content (AvgIpc) is 2.91. The first-order chi connectivity index (χ1) is 9.72. The van der Waals surface area contributed by atoms with Crippen LogP contribution >= 0.6 is 11.6 Å². The summed E-state index contributed by atoms with van der Waals surface area (Å²) in [6, 6.07) is 10.5. The zero-order valence-corrected chi connectivity index (χ0v) is 11.2. The van der Waals surface area contributed by atoms with Crippen LogP contribution in [0.15, 0.2) is 40.8 Å². The summed E-state index contributed by atoms with van der Waals surface area (Å²) in [5.74, 6) is 1.23. The Kier molecular flexibility index (Phi) is 3.52. The second kappa shape index (κ2) is 5.46. The molecule has 0 bridgehead atoms. The number of benzene rings is 1. The number of rotatable bonds is 3. The Morgan fingerprint density at radius 3 is 2.80 bits per heavy atom. The molecule has 1 N–H and O–H groups in total. The average molecular weight is 294 g/mol. The van der Waals surface area contributed by atoms with Crippen LogP contribution in [-0.4, -0.2) is 25.2 Å². The van der Waals surface area contributed by atoms with E-state index in [1.807, 2.05) is 24.3 Å². The number of hydrogen-bond donors (Lipinski definition) is 1. The number of furan rings is 1. The molecule has 0 saturated carbocycles. The van der Waals surface area contributed by atoms with Crippen LogP contribution in [0.25, 0.3) is 0 Å². The molecular weight excluding hydrogens is 282 g/mol. The molecule has 3 rings (SSSR count). The molecule has 20 heavy (non-hydrogen) atoms. The summed E-state index contributed by atoms with van der Waals surface area (Å²) in [4.78, 5) is 11.8. The van der Waals surface area contributed by atoms with E-state index < -0.39 is 0 Å². The minimum atomic E-state index is -0.334. The van der Waals surface area contributed by atoms with E-state index in [0.717, 1.165) is 0 Å². The van der Waals surface area contributed by atoms with Gasteiger partial charge in [0.15, 0.2) is 22.5 Å². The number of carbonyl (C=O) groups is 1. The molecule has 1 amide bonds. The molecule has 1 aromatic carbocycles. The van der Waals surface area contributed by atoms with Gasteiger partial charge >= 0.3 is 0 Å². The maximum Gasteiger partial charge on any atom is 0.287 e. The van der Waals surface area contributed by atoms with Crippen LogP contribution in [0, 0.1) is 0 Å². The number of carbonyl (C=O) groups excluding carboxylic acids is 1. The molecule has 0 fully saturated rings. The Hall–Kier alpha value is -2.14. The maximum absolute atomic E-state index is 11.8. The highest BCUT2D eigenvalue weighted by Gasteiger charge is 2.21. The van der Waals surface area contributed by atoms with Crippen LogP contribution in [0.3, 0.4) is 0 Å². The second-order valence-corrected chi connectivity index (χ2v) is 4.68. The largest absolute Gasteiger partial charge is 0.486 e. The third kappa shape index (κ3) is 2.72. The highest BCUT2D eigenvalue weighted by atomic mass is 35.5. The number of ether oxygens (including phenoxy) is 2. The number of nitrogens with one attached hydrogen (secondary N) is 1. The number of hydrogen-bond acceptors (Lipinski definition) is 4. The second-order valence-electron chi connectivity index (χ2n) is 4.31. The van der Waals surface area contributed by atoms with Crippen LogP contribution in [0.5, 0.6) is 11.5 Å². The molecule has 1 aliphatic rings. The zero-order chi connectivity index (χ0) is 13.9. The van der Waals surface area contributed by atoms with Gasteiger partial charge in [-0.1, -0.05) is 12.1 Å². The van der Waals surface area contributed by atoms with Gasteiger partial charge < -0.3 is 19.2 Å². The third-order valence-corrected chi connectivity index (χ3v) is 3.06. The van der Waals surface area contributed by atoms with Crippen LogP contribution in [0.2, 0.25) is 5.22 Å². The minimum Gasteiger partial charge on any atom is -0.486 e. The summed E-state index contributed by atoms with van der Waals surface area (Å²) in [6.07, 6.45) is -0.237. The predicted molar refractivity (Wildman–Crippen MR) is 72.4 cm³/mol. The van der Waals surface area contributed by atoms with Crippen molar-refractivity contribution in [2.24, 2.45) is 0 Å². The highest BCUT2D eigenvalue weighted by molar-refractivity contribution is 6.29. The third-order valence-electron chi connectivity index (χ3n) is 2.85. The maximum atomic E-state index is 11.8. The van der Waals surface area contributed by atoms with Crippen LogP contribution in [-0.2, 0) is 0 Å². The lowest BCUT2D eigenvalue weighted by Crippen LogP contribution is -2.40. The van der Waals surface area contributed by atoms with Crippen LogP contribution in [0.1, 0.15) is 10.6 Å². The lowest BCUT2D eigenvalue weighted by atomic mass is 10.2. The van der Waals surface area contributed by atoms with Crippen molar-refractivity contribution in [3.8, 4) is 11.5 Å². The van der Waals surface area contributed by atoms with Crippen LogP contribution in [0.4, 0.5) is 0 Å². The standard InChI is InChI=1S/C14H12ClNO4/c15-13-6-5-12(20-13)14(17)16-7-9-8-18-10-3-1-2-4-11(10)19-9/h1-6,9H,7-8H2,(H,16,17). The van der Waals surface area contributed by atoms with Crippen molar-refractivity contribution >= 4 is 17.5 Å². The summed E-state index contributed by atoms with van der Waals surface area (Å²) < 4.78 is 16.3. The van der Waals surface area contributed by atoms with E-state index in [0.29, 0.717) is 24.7 Å². The van der Waals surface area contributed by atoms with Gasteiger partial charge in [0.2, 0.25) is 0 Å².